The predicted molar refractivity (Wildman–Crippen MR) is 81.5 cm³/mol. The molecule has 0 aliphatic rings. The Morgan fingerprint density at radius 3 is 2.52 bits per heavy atom. The first-order chi connectivity index (χ1) is 9.97. The van der Waals surface area contributed by atoms with Gasteiger partial charge in [0.2, 0.25) is 0 Å². The summed E-state index contributed by atoms with van der Waals surface area (Å²) in [6.45, 7) is 1.72. The van der Waals surface area contributed by atoms with Gasteiger partial charge in [0.25, 0.3) is 0 Å². The number of benzene rings is 1. The predicted octanol–water partition coefficient (Wildman–Crippen LogP) is 2.13. The molecule has 0 saturated heterocycles. The van der Waals surface area contributed by atoms with Crippen LogP contribution < -0.4 is 15.2 Å². The first-order valence-electron chi connectivity index (χ1n) is 6.61. The van der Waals surface area contributed by atoms with E-state index in [1.54, 1.807) is 39.6 Å². The Balaban J connectivity index is 2.30. The number of nitrogens with two attached hydrogens (primary N) is 1. The number of aliphatic hydroxyl groups is 1. The Hall–Kier alpha value is -2.27. The van der Waals surface area contributed by atoms with Crippen LogP contribution in [0, 0.1) is 0 Å². The van der Waals surface area contributed by atoms with Crippen LogP contribution in [0.2, 0.25) is 0 Å². The van der Waals surface area contributed by atoms with E-state index in [4.69, 9.17) is 15.2 Å². The summed E-state index contributed by atoms with van der Waals surface area (Å²) in [4.78, 5) is 4.03. The highest BCUT2D eigenvalue weighted by molar-refractivity contribution is 5.49. The quantitative estimate of drug-likeness (QED) is 0.881. The fourth-order valence-electron chi connectivity index (χ4n) is 2.34. The summed E-state index contributed by atoms with van der Waals surface area (Å²) in [7, 11) is 3.17. The van der Waals surface area contributed by atoms with Gasteiger partial charge >= 0.3 is 0 Å². The van der Waals surface area contributed by atoms with E-state index in [0.717, 1.165) is 5.56 Å². The molecule has 0 aliphatic heterocycles. The fraction of sp³-hybridized carbons (Fsp3) is 0.312. The number of hydrogen-bond donors (Lipinski definition) is 2. The molecule has 2 rings (SSSR count). The molecule has 112 valence electrons. The lowest BCUT2D eigenvalue weighted by Crippen LogP contribution is -2.25. The molecule has 1 unspecified atom stereocenters. The van der Waals surface area contributed by atoms with Gasteiger partial charge in [0.15, 0.2) is 11.5 Å². The van der Waals surface area contributed by atoms with Crippen molar-refractivity contribution in [2.24, 2.45) is 0 Å². The van der Waals surface area contributed by atoms with Crippen LogP contribution in [-0.2, 0) is 12.0 Å². The molecule has 5 nitrogen and oxygen atoms in total. The number of rotatable bonds is 5. The maximum absolute atomic E-state index is 10.7. The summed E-state index contributed by atoms with van der Waals surface area (Å²) in [5, 5.41) is 10.7. The van der Waals surface area contributed by atoms with Gasteiger partial charge in [-0.2, -0.15) is 0 Å². The normalized spacial score (nSPS) is 13.5. The maximum Gasteiger partial charge on any atom is 0.160 e. The summed E-state index contributed by atoms with van der Waals surface area (Å²) in [6.07, 6.45) is 3.59. The lowest BCUT2D eigenvalue weighted by Gasteiger charge is -2.25. The average molecular weight is 288 g/mol. The van der Waals surface area contributed by atoms with Gasteiger partial charge in [-0.3, -0.25) is 4.98 Å². The number of anilines is 1. The van der Waals surface area contributed by atoms with Gasteiger partial charge in [0.1, 0.15) is 0 Å². The fourth-order valence-corrected chi connectivity index (χ4v) is 2.34. The van der Waals surface area contributed by atoms with Crippen LogP contribution in [0.25, 0.3) is 0 Å². The van der Waals surface area contributed by atoms with E-state index in [0.29, 0.717) is 29.2 Å². The number of pyridine rings is 1. The Labute approximate surface area is 124 Å². The van der Waals surface area contributed by atoms with Crippen molar-refractivity contribution in [2.45, 2.75) is 18.9 Å². The number of nitrogens with zero attached hydrogens (tertiary/aromatic N) is 1. The summed E-state index contributed by atoms with van der Waals surface area (Å²) in [6, 6.07) is 7.23. The Morgan fingerprint density at radius 1 is 1.19 bits per heavy atom. The molecule has 3 N–H and O–H groups in total. The molecule has 0 bridgehead atoms. The molecule has 21 heavy (non-hydrogen) atoms. The first kappa shape index (κ1) is 15.1. The Morgan fingerprint density at radius 2 is 1.90 bits per heavy atom. The van der Waals surface area contributed by atoms with Crippen LogP contribution in [0.4, 0.5) is 5.69 Å². The van der Waals surface area contributed by atoms with E-state index in [1.165, 1.54) is 0 Å². The number of nitrogen functional groups attached to an aromatic ring is 1. The largest absolute Gasteiger partial charge is 0.493 e. The third-order valence-corrected chi connectivity index (χ3v) is 3.43. The van der Waals surface area contributed by atoms with Gasteiger partial charge in [-0.25, -0.2) is 0 Å². The van der Waals surface area contributed by atoms with Crippen molar-refractivity contribution in [1.29, 1.82) is 0 Å². The first-order valence-corrected chi connectivity index (χ1v) is 6.61. The highest BCUT2D eigenvalue weighted by Gasteiger charge is 2.26. The topological polar surface area (TPSA) is 77.6 Å². The second kappa shape index (κ2) is 6.01. The van der Waals surface area contributed by atoms with Crippen molar-refractivity contribution < 1.29 is 14.6 Å². The van der Waals surface area contributed by atoms with Crippen molar-refractivity contribution in [3.8, 4) is 11.5 Å². The smallest absolute Gasteiger partial charge is 0.160 e. The van der Waals surface area contributed by atoms with E-state index in [9.17, 15) is 5.11 Å². The van der Waals surface area contributed by atoms with Gasteiger partial charge < -0.3 is 20.3 Å². The molecule has 5 heteroatoms. The molecule has 1 atom stereocenters. The minimum atomic E-state index is -1.11. The van der Waals surface area contributed by atoms with Crippen LogP contribution in [0.5, 0.6) is 11.5 Å². The zero-order valence-electron chi connectivity index (χ0n) is 12.5. The van der Waals surface area contributed by atoms with Crippen molar-refractivity contribution in [3.05, 3.63) is 47.8 Å². The third-order valence-electron chi connectivity index (χ3n) is 3.43. The molecule has 1 heterocycles. The number of aromatic nitrogens is 1. The minimum Gasteiger partial charge on any atom is -0.493 e. The number of methoxy groups -OCH3 is 2. The monoisotopic (exact) mass is 288 g/mol. The van der Waals surface area contributed by atoms with Crippen molar-refractivity contribution in [1.82, 2.24) is 4.98 Å². The van der Waals surface area contributed by atoms with Crippen LogP contribution in [0.15, 0.2) is 36.7 Å². The molecule has 1 aromatic carbocycles. The van der Waals surface area contributed by atoms with Gasteiger partial charge in [0.05, 0.1) is 19.8 Å². The van der Waals surface area contributed by atoms with Gasteiger partial charge in [-0.1, -0.05) is 6.07 Å². The molecule has 0 amide bonds. The summed E-state index contributed by atoms with van der Waals surface area (Å²) in [5.41, 5.74) is 6.86. The highest BCUT2D eigenvalue weighted by Crippen LogP contribution is 2.33. The SMILES string of the molecule is COc1ccc(CC(C)(O)c2cnccc2N)cc1OC. The lowest BCUT2D eigenvalue weighted by molar-refractivity contribution is 0.0580. The van der Waals surface area contributed by atoms with E-state index in [1.807, 2.05) is 18.2 Å². The Bertz CT molecular complexity index is 627. The second-order valence-electron chi connectivity index (χ2n) is 5.10. The van der Waals surface area contributed by atoms with Crippen LogP contribution in [-0.4, -0.2) is 24.3 Å². The van der Waals surface area contributed by atoms with E-state index in [-0.39, 0.29) is 0 Å². The van der Waals surface area contributed by atoms with Crippen molar-refractivity contribution in [2.75, 3.05) is 20.0 Å². The zero-order chi connectivity index (χ0) is 15.5. The lowest BCUT2D eigenvalue weighted by atomic mass is 9.89. The number of hydrogen-bond acceptors (Lipinski definition) is 5. The maximum atomic E-state index is 10.7. The molecule has 2 aromatic rings. The van der Waals surface area contributed by atoms with Crippen LogP contribution in [0.1, 0.15) is 18.1 Å². The van der Waals surface area contributed by atoms with Crippen molar-refractivity contribution >= 4 is 5.69 Å². The molecule has 0 saturated carbocycles. The standard InChI is InChI=1S/C16H20N2O3/c1-16(19,12-10-18-7-6-13(12)17)9-11-4-5-14(20-2)15(8-11)21-3/h4-8,10,19H,9H2,1-3H3,(H2,17,18). The van der Waals surface area contributed by atoms with Crippen molar-refractivity contribution in [3.63, 3.8) is 0 Å². The molecule has 0 fully saturated rings. The molecule has 0 radical (unpaired) electrons. The zero-order valence-corrected chi connectivity index (χ0v) is 12.5. The molecular weight excluding hydrogens is 268 g/mol. The van der Waals surface area contributed by atoms with Gasteiger partial charge in [-0.05, 0) is 30.7 Å². The van der Waals surface area contributed by atoms with Crippen LogP contribution in [0.3, 0.4) is 0 Å². The average Bonchev–Trinajstić information content (AvgIpc) is 2.47. The summed E-state index contributed by atoms with van der Waals surface area (Å²) >= 11 is 0. The van der Waals surface area contributed by atoms with E-state index >= 15 is 0 Å². The molecule has 1 aromatic heterocycles. The van der Waals surface area contributed by atoms with Gasteiger partial charge in [-0.15, -0.1) is 0 Å². The molecular formula is C16H20N2O3. The van der Waals surface area contributed by atoms with E-state index < -0.39 is 5.60 Å². The molecule has 0 aliphatic carbocycles. The molecule has 0 spiro atoms. The van der Waals surface area contributed by atoms with Gasteiger partial charge in [0, 0.05) is 30.1 Å². The summed E-state index contributed by atoms with van der Waals surface area (Å²) < 4.78 is 10.5. The minimum absolute atomic E-state index is 0.392. The van der Waals surface area contributed by atoms with Crippen LogP contribution >= 0.6 is 0 Å². The second-order valence-corrected chi connectivity index (χ2v) is 5.10. The summed E-state index contributed by atoms with van der Waals surface area (Å²) in [5.74, 6) is 1.28. The Kier molecular flexibility index (Phi) is 4.33. The van der Waals surface area contributed by atoms with E-state index in [2.05, 4.69) is 4.98 Å². The third kappa shape index (κ3) is 3.25. The number of ether oxygens (including phenoxy) is 2. The highest BCUT2D eigenvalue weighted by atomic mass is 16.5.